The number of aromatic nitrogens is 2. The highest BCUT2D eigenvalue weighted by Gasteiger charge is 2.08. The Morgan fingerprint density at radius 3 is 2.89 bits per heavy atom. The highest BCUT2D eigenvalue weighted by Crippen LogP contribution is 2.17. The standard InChI is InChI=1S/C14H21N3O2/c1-4-5-15-8-13-10(2)6-12(19-13)9-18-14-7-11(3)16-17-14/h6-7,15H,4-5,8-9H2,1-3H3,(H,16,17). The lowest BCUT2D eigenvalue weighted by molar-refractivity contribution is 0.255. The number of aromatic amines is 1. The van der Waals surface area contributed by atoms with Crippen LogP contribution in [-0.4, -0.2) is 16.7 Å². The van der Waals surface area contributed by atoms with Gasteiger partial charge in [0.15, 0.2) is 0 Å². The fraction of sp³-hybridized carbons (Fsp3) is 0.500. The Kier molecular flexibility index (Phi) is 4.63. The third kappa shape index (κ3) is 3.86. The Labute approximate surface area is 113 Å². The number of hydrogen-bond acceptors (Lipinski definition) is 4. The maximum Gasteiger partial charge on any atom is 0.233 e. The van der Waals surface area contributed by atoms with E-state index in [1.165, 1.54) is 0 Å². The lowest BCUT2D eigenvalue weighted by Gasteiger charge is -2.01. The van der Waals surface area contributed by atoms with Gasteiger partial charge in [0, 0.05) is 11.8 Å². The number of ether oxygens (including phenoxy) is 1. The van der Waals surface area contributed by atoms with Crippen molar-refractivity contribution in [3.63, 3.8) is 0 Å². The molecule has 0 fully saturated rings. The number of nitrogens with zero attached hydrogens (tertiary/aromatic N) is 1. The number of nitrogens with one attached hydrogen (secondary N) is 2. The fourth-order valence-corrected chi connectivity index (χ4v) is 1.83. The Hall–Kier alpha value is -1.75. The van der Waals surface area contributed by atoms with Gasteiger partial charge in [0.25, 0.3) is 0 Å². The molecule has 2 aromatic rings. The van der Waals surface area contributed by atoms with Crippen molar-refractivity contribution < 1.29 is 9.15 Å². The molecule has 0 aliphatic carbocycles. The van der Waals surface area contributed by atoms with Gasteiger partial charge in [-0.05, 0) is 38.4 Å². The lowest BCUT2D eigenvalue weighted by atomic mass is 10.2. The minimum Gasteiger partial charge on any atom is -0.468 e. The highest BCUT2D eigenvalue weighted by atomic mass is 16.5. The second kappa shape index (κ2) is 6.43. The topological polar surface area (TPSA) is 63.1 Å². The molecule has 2 N–H and O–H groups in total. The molecule has 19 heavy (non-hydrogen) atoms. The molecule has 2 aromatic heterocycles. The molecule has 0 saturated heterocycles. The van der Waals surface area contributed by atoms with Crippen molar-refractivity contribution in [2.24, 2.45) is 0 Å². The quantitative estimate of drug-likeness (QED) is 0.754. The summed E-state index contributed by atoms with van der Waals surface area (Å²) in [6, 6.07) is 3.88. The van der Waals surface area contributed by atoms with Gasteiger partial charge in [-0.3, -0.25) is 5.10 Å². The van der Waals surface area contributed by atoms with Crippen LogP contribution in [0.25, 0.3) is 0 Å². The average molecular weight is 263 g/mol. The zero-order chi connectivity index (χ0) is 13.7. The third-order valence-electron chi connectivity index (χ3n) is 2.83. The molecule has 0 bridgehead atoms. The van der Waals surface area contributed by atoms with E-state index in [0.717, 1.165) is 42.3 Å². The summed E-state index contributed by atoms with van der Waals surface area (Å²) in [7, 11) is 0. The van der Waals surface area contributed by atoms with Crippen LogP contribution in [-0.2, 0) is 13.2 Å². The van der Waals surface area contributed by atoms with E-state index >= 15 is 0 Å². The number of hydrogen-bond donors (Lipinski definition) is 2. The highest BCUT2D eigenvalue weighted by molar-refractivity contribution is 5.20. The van der Waals surface area contributed by atoms with Crippen molar-refractivity contribution in [1.29, 1.82) is 0 Å². The molecular weight excluding hydrogens is 242 g/mol. The van der Waals surface area contributed by atoms with Gasteiger partial charge < -0.3 is 14.5 Å². The number of furan rings is 1. The molecule has 2 heterocycles. The maximum absolute atomic E-state index is 5.76. The summed E-state index contributed by atoms with van der Waals surface area (Å²) in [5, 5.41) is 10.2. The molecule has 0 unspecified atom stereocenters. The summed E-state index contributed by atoms with van der Waals surface area (Å²) in [6.07, 6.45) is 1.12. The Bertz CT molecular complexity index is 516. The second-order valence-electron chi connectivity index (χ2n) is 4.67. The summed E-state index contributed by atoms with van der Waals surface area (Å²) < 4.78 is 11.3. The van der Waals surface area contributed by atoms with Crippen LogP contribution < -0.4 is 10.1 Å². The van der Waals surface area contributed by atoms with Crippen LogP contribution in [0, 0.1) is 13.8 Å². The summed E-state index contributed by atoms with van der Waals surface area (Å²) in [5.74, 6) is 2.40. The van der Waals surface area contributed by atoms with Crippen LogP contribution in [0.5, 0.6) is 5.88 Å². The smallest absolute Gasteiger partial charge is 0.233 e. The molecule has 0 aliphatic heterocycles. The van der Waals surface area contributed by atoms with Gasteiger partial charge in [-0.25, -0.2) is 0 Å². The van der Waals surface area contributed by atoms with E-state index in [2.05, 4.69) is 29.4 Å². The first-order valence-corrected chi connectivity index (χ1v) is 6.62. The van der Waals surface area contributed by atoms with Crippen molar-refractivity contribution in [3.05, 3.63) is 34.9 Å². The first kappa shape index (κ1) is 13.7. The molecule has 0 saturated carbocycles. The minimum absolute atomic E-state index is 0.402. The van der Waals surface area contributed by atoms with E-state index in [1.807, 2.05) is 19.1 Å². The Morgan fingerprint density at radius 2 is 2.21 bits per heavy atom. The first-order valence-electron chi connectivity index (χ1n) is 6.62. The van der Waals surface area contributed by atoms with Gasteiger partial charge in [-0.2, -0.15) is 0 Å². The molecule has 104 valence electrons. The van der Waals surface area contributed by atoms with E-state index in [0.29, 0.717) is 12.5 Å². The predicted molar refractivity (Wildman–Crippen MR) is 73.1 cm³/mol. The van der Waals surface area contributed by atoms with Gasteiger partial charge in [0.05, 0.1) is 6.54 Å². The van der Waals surface area contributed by atoms with Gasteiger partial charge in [0.1, 0.15) is 18.1 Å². The van der Waals surface area contributed by atoms with Crippen molar-refractivity contribution in [3.8, 4) is 5.88 Å². The largest absolute Gasteiger partial charge is 0.468 e. The molecule has 5 nitrogen and oxygen atoms in total. The SMILES string of the molecule is CCCNCc1oc(COc2cc(C)[nH]n2)cc1C. The van der Waals surface area contributed by atoms with E-state index in [4.69, 9.17) is 9.15 Å². The van der Waals surface area contributed by atoms with E-state index in [-0.39, 0.29) is 0 Å². The molecule has 0 aliphatic rings. The molecule has 5 heteroatoms. The van der Waals surface area contributed by atoms with Crippen molar-refractivity contribution in [2.45, 2.75) is 40.3 Å². The molecule has 0 atom stereocenters. The van der Waals surface area contributed by atoms with E-state index < -0.39 is 0 Å². The summed E-state index contributed by atoms with van der Waals surface area (Å²) in [5.41, 5.74) is 2.13. The molecule has 0 aromatic carbocycles. The van der Waals surface area contributed by atoms with Crippen molar-refractivity contribution in [2.75, 3.05) is 6.54 Å². The monoisotopic (exact) mass is 263 g/mol. The Balaban J connectivity index is 1.88. The average Bonchev–Trinajstić information content (AvgIpc) is 2.94. The maximum atomic E-state index is 5.76. The number of rotatable bonds is 7. The molecule has 2 rings (SSSR count). The predicted octanol–water partition coefficient (Wildman–Crippen LogP) is 2.70. The summed E-state index contributed by atoms with van der Waals surface area (Å²) in [4.78, 5) is 0. The lowest BCUT2D eigenvalue weighted by Crippen LogP contribution is -2.13. The molecule has 0 radical (unpaired) electrons. The van der Waals surface area contributed by atoms with Crippen LogP contribution >= 0.6 is 0 Å². The molecular formula is C14H21N3O2. The van der Waals surface area contributed by atoms with Crippen LogP contribution in [0.3, 0.4) is 0 Å². The summed E-state index contributed by atoms with van der Waals surface area (Å²) in [6.45, 7) is 8.30. The zero-order valence-corrected chi connectivity index (χ0v) is 11.7. The van der Waals surface area contributed by atoms with Gasteiger partial charge in [0.2, 0.25) is 5.88 Å². The van der Waals surface area contributed by atoms with Crippen LogP contribution in [0.1, 0.15) is 36.1 Å². The zero-order valence-electron chi connectivity index (χ0n) is 11.7. The Morgan fingerprint density at radius 1 is 1.37 bits per heavy atom. The normalized spacial score (nSPS) is 10.9. The molecule has 0 amide bonds. The molecule has 0 spiro atoms. The van der Waals surface area contributed by atoms with Crippen molar-refractivity contribution in [1.82, 2.24) is 15.5 Å². The first-order chi connectivity index (χ1) is 9.19. The van der Waals surface area contributed by atoms with Gasteiger partial charge >= 0.3 is 0 Å². The second-order valence-corrected chi connectivity index (χ2v) is 4.67. The van der Waals surface area contributed by atoms with Gasteiger partial charge in [-0.1, -0.05) is 6.92 Å². The van der Waals surface area contributed by atoms with Crippen LogP contribution in [0.4, 0.5) is 0 Å². The number of aryl methyl sites for hydroxylation is 2. The van der Waals surface area contributed by atoms with Crippen LogP contribution in [0.15, 0.2) is 16.5 Å². The van der Waals surface area contributed by atoms with E-state index in [9.17, 15) is 0 Å². The fourth-order valence-electron chi connectivity index (χ4n) is 1.83. The van der Waals surface area contributed by atoms with E-state index in [1.54, 1.807) is 0 Å². The van der Waals surface area contributed by atoms with Gasteiger partial charge in [-0.15, -0.1) is 5.10 Å². The van der Waals surface area contributed by atoms with Crippen molar-refractivity contribution >= 4 is 0 Å². The number of H-pyrrole nitrogens is 1. The van der Waals surface area contributed by atoms with Crippen LogP contribution in [0.2, 0.25) is 0 Å². The minimum atomic E-state index is 0.402. The summed E-state index contributed by atoms with van der Waals surface area (Å²) >= 11 is 0. The third-order valence-corrected chi connectivity index (χ3v) is 2.83.